The molecule has 11 heteroatoms. The quantitative estimate of drug-likeness (QED) is 0.129. The Morgan fingerprint density at radius 1 is 0.765 bits per heavy atom. The van der Waals surface area contributed by atoms with Crippen LogP contribution in [0.1, 0.15) is 72.6 Å². The van der Waals surface area contributed by atoms with E-state index in [-0.39, 0.29) is 11.8 Å². The molecule has 0 saturated heterocycles. The number of amides is 3. The van der Waals surface area contributed by atoms with E-state index in [4.69, 9.17) is 17.2 Å². The maximum atomic E-state index is 13.2. The largest absolute Gasteiger partial charge is 0.480 e. The Balaban J connectivity index is 5.47. The fourth-order valence-electron chi connectivity index (χ4n) is 3.39. The van der Waals surface area contributed by atoms with Crippen molar-refractivity contribution in [2.45, 2.75) is 96.8 Å². The van der Waals surface area contributed by atoms with Crippen LogP contribution in [0.4, 0.5) is 0 Å². The molecule has 5 unspecified atom stereocenters. The Labute approximate surface area is 203 Å². The summed E-state index contributed by atoms with van der Waals surface area (Å²) in [4.78, 5) is 50.2. The molecular weight excluding hydrogens is 440 g/mol. The first kappa shape index (κ1) is 31.8. The van der Waals surface area contributed by atoms with Gasteiger partial charge in [-0.3, -0.25) is 14.4 Å². The minimum Gasteiger partial charge on any atom is -0.480 e. The highest BCUT2D eigenvalue weighted by atomic mass is 16.4. The van der Waals surface area contributed by atoms with E-state index in [0.717, 1.165) is 6.42 Å². The minimum absolute atomic E-state index is 0.213. The summed E-state index contributed by atoms with van der Waals surface area (Å²) in [5, 5.41) is 17.4. The standard InChI is InChI=1S/C23H46N6O5/c1-5-15(4)19(29-20(30)16(26)10-6-8-12-24)22(32)27-17(11-7-9-13-25)21(31)28-18(14(2)3)23(33)34/h14-19H,5-13,24-26H2,1-4H3,(H,27,32)(H,28,31)(H,29,30)(H,33,34). The van der Waals surface area contributed by atoms with Gasteiger partial charge >= 0.3 is 5.97 Å². The van der Waals surface area contributed by atoms with E-state index in [1.54, 1.807) is 13.8 Å². The van der Waals surface area contributed by atoms with Gasteiger partial charge in [-0.25, -0.2) is 4.79 Å². The van der Waals surface area contributed by atoms with Crippen LogP contribution in [-0.2, 0) is 19.2 Å². The maximum Gasteiger partial charge on any atom is 0.326 e. The molecule has 10 N–H and O–H groups in total. The van der Waals surface area contributed by atoms with Gasteiger partial charge in [0, 0.05) is 0 Å². The van der Waals surface area contributed by atoms with Crippen LogP contribution >= 0.6 is 0 Å². The molecule has 5 atom stereocenters. The number of rotatable bonds is 18. The molecule has 11 nitrogen and oxygen atoms in total. The molecule has 0 rings (SSSR count). The van der Waals surface area contributed by atoms with E-state index >= 15 is 0 Å². The van der Waals surface area contributed by atoms with Gasteiger partial charge in [0.05, 0.1) is 6.04 Å². The predicted molar refractivity (Wildman–Crippen MR) is 132 cm³/mol. The van der Waals surface area contributed by atoms with Gasteiger partial charge < -0.3 is 38.3 Å². The number of nitrogens with two attached hydrogens (primary N) is 3. The fourth-order valence-corrected chi connectivity index (χ4v) is 3.39. The highest BCUT2D eigenvalue weighted by Crippen LogP contribution is 2.11. The summed E-state index contributed by atoms with van der Waals surface area (Å²) in [5.41, 5.74) is 17.0. The van der Waals surface area contributed by atoms with Gasteiger partial charge in [-0.2, -0.15) is 0 Å². The van der Waals surface area contributed by atoms with Crippen LogP contribution in [0.5, 0.6) is 0 Å². The number of carbonyl (C=O) groups excluding carboxylic acids is 3. The summed E-state index contributed by atoms with van der Waals surface area (Å²) in [6, 6.07) is -3.69. The van der Waals surface area contributed by atoms with Crippen molar-refractivity contribution in [3.05, 3.63) is 0 Å². The van der Waals surface area contributed by atoms with Crippen molar-refractivity contribution >= 4 is 23.7 Å². The first-order valence-corrected chi connectivity index (χ1v) is 12.3. The lowest BCUT2D eigenvalue weighted by molar-refractivity contribution is -0.143. The normalized spacial score (nSPS) is 15.6. The Hall–Kier alpha value is -2.24. The molecule has 34 heavy (non-hydrogen) atoms. The molecule has 0 fully saturated rings. The molecule has 0 heterocycles. The highest BCUT2D eigenvalue weighted by molar-refractivity contribution is 5.94. The van der Waals surface area contributed by atoms with Crippen LogP contribution < -0.4 is 33.2 Å². The zero-order valence-electron chi connectivity index (χ0n) is 21.1. The zero-order valence-corrected chi connectivity index (χ0v) is 21.1. The lowest BCUT2D eigenvalue weighted by Crippen LogP contribution is -2.59. The second-order valence-electron chi connectivity index (χ2n) is 9.18. The molecular formula is C23H46N6O5. The Bertz CT molecular complexity index is 645. The van der Waals surface area contributed by atoms with E-state index < -0.39 is 47.9 Å². The van der Waals surface area contributed by atoms with Crippen LogP contribution in [0.3, 0.4) is 0 Å². The van der Waals surface area contributed by atoms with Crippen molar-refractivity contribution in [1.82, 2.24) is 16.0 Å². The molecule has 0 aliphatic heterocycles. The molecule has 0 spiro atoms. The van der Waals surface area contributed by atoms with Crippen molar-refractivity contribution in [3.8, 4) is 0 Å². The number of hydrogen-bond donors (Lipinski definition) is 7. The number of carboxylic acid groups (broad SMARTS) is 1. The van der Waals surface area contributed by atoms with Crippen LogP contribution in [0.2, 0.25) is 0 Å². The third-order valence-electron chi connectivity index (χ3n) is 5.91. The Morgan fingerprint density at radius 3 is 1.76 bits per heavy atom. The van der Waals surface area contributed by atoms with Gasteiger partial charge in [0.15, 0.2) is 0 Å². The molecule has 0 aromatic heterocycles. The summed E-state index contributed by atoms with van der Waals surface area (Å²) >= 11 is 0. The predicted octanol–water partition coefficient (Wildman–Crippen LogP) is -0.187. The Kier molecular flexibility index (Phi) is 16.1. The second kappa shape index (κ2) is 17.2. The molecule has 0 aliphatic rings. The van der Waals surface area contributed by atoms with E-state index in [0.29, 0.717) is 51.6 Å². The van der Waals surface area contributed by atoms with Gasteiger partial charge in [0.2, 0.25) is 17.7 Å². The SMILES string of the molecule is CCC(C)C(NC(=O)C(N)CCCCN)C(=O)NC(CCCCN)C(=O)NC(C(=O)O)C(C)C. The van der Waals surface area contributed by atoms with Gasteiger partial charge in [-0.15, -0.1) is 0 Å². The number of aliphatic carboxylic acids is 1. The monoisotopic (exact) mass is 486 g/mol. The molecule has 0 radical (unpaired) electrons. The summed E-state index contributed by atoms with van der Waals surface area (Å²) in [7, 11) is 0. The van der Waals surface area contributed by atoms with E-state index in [9.17, 15) is 24.3 Å². The summed E-state index contributed by atoms with van der Waals surface area (Å²) in [6.07, 6.45) is 4.03. The average molecular weight is 487 g/mol. The molecule has 0 saturated carbocycles. The van der Waals surface area contributed by atoms with Gasteiger partial charge in [0.1, 0.15) is 18.1 Å². The first-order chi connectivity index (χ1) is 16.0. The van der Waals surface area contributed by atoms with Crippen LogP contribution in [0, 0.1) is 11.8 Å². The van der Waals surface area contributed by atoms with Crippen molar-refractivity contribution in [2.24, 2.45) is 29.0 Å². The first-order valence-electron chi connectivity index (χ1n) is 12.3. The van der Waals surface area contributed by atoms with E-state index in [1.165, 1.54) is 0 Å². The lowest BCUT2D eigenvalue weighted by Gasteiger charge is -2.28. The molecule has 0 aliphatic carbocycles. The van der Waals surface area contributed by atoms with E-state index in [1.807, 2.05) is 13.8 Å². The van der Waals surface area contributed by atoms with Crippen molar-refractivity contribution in [3.63, 3.8) is 0 Å². The smallest absolute Gasteiger partial charge is 0.326 e. The number of unbranched alkanes of at least 4 members (excludes halogenated alkanes) is 2. The van der Waals surface area contributed by atoms with Crippen molar-refractivity contribution in [1.29, 1.82) is 0 Å². The van der Waals surface area contributed by atoms with Gasteiger partial charge in [0.25, 0.3) is 0 Å². The molecule has 198 valence electrons. The fraction of sp³-hybridized carbons (Fsp3) is 0.826. The van der Waals surface area contributed by atoms with Gasteiger partial charge in [-0.05, 0) is 57.0 Å². The summed E-state index contributed by atoms with van der Waals surface area (Å²) in [6.45, 7) is 8.04. The third-order valence-corrected chi connectivity index (χ3v) is 5.91. The highest BCUT2D eigenvalue weighted by Gasteiger charge is 2.32. The van der Waals surface area contributed by atoms with E-state index in [2.05, 4.69) is 16.0 Å². The third kappa shape index (κ3) is 11.8. The number of hydrogen-bond acceptors (Lipinski definition) is 7. The van der Waals surface area contributed by atoms with Crippen LogP contribution in [0.25, 0.3) is 0 Å². The van der Waals surface area contributed by atoms with Gasteiger partial charge in [-0.1, -0.05) is 40.5 Å². The zero-order chi connectivity index (χ0) is 26.3. The topological polar surface area (TPSA) is 203 Å². The molecule has 0 aromatic rings. The number of carbonyl (C=O) groups is 4. The minimum atomic E-state index is -1.15. The summed E-state index contributed by atoms with van der Waals surface area (Å²) < 4.78 is 0. The molecule has 0 bridgehead atoms. The number of carboxylic acids is 1. The average Bonchev–Trinajstić information content (AvgIpc) is 2.78. The summed E-state index contributed by atoms with van der Waals surface area (Å²) in [5.74, 6) is -3.23. The molecule has 0 aromatic carbocycles. The maximum absolute atomic E-state index is 13.2. The molecule has 3 amide bonds. The Morgan fingerprint density at radius 2 is 1.29 bits per heavy atom. The van der Waals surface area contributed by atoms with Crippen LogP contribution in [-0.4, -0.2) is 66.1 Å². The van der Waals surface area contributed by atoms with Crippen LogP contribution in [0.15, 0.2) is 0 Å². The second-order valence-corrected chi connectivity index (χ2v) is 9.18. The number of nitrogens with one attached hydrogen (secondary N) is 3. The lowest BCUT2D eigenvalue weighted by atomic mass is 9.96. The van der Waals surface area contributed by atoms with Crippen molar-refractivity contribution in [2.75, 3.05) is 13.1 Å². The van der Waals surface area contributed by atoms with Crippen molar-refractivity contribution < 1.29 is 24.3 Å².